The Morgan fingerprint density at radius 3 is 2.32 bits per heavy atom. The molecular weight excluding hydrogens is 745 g/mol. The number of hydrogen-bond acceptors (Lipinski definition) is 7. The summed E-state index contributed by atoms with van der Waals surface area (Å²) in [6, 6.07) is -0.0219. The maximum atomic E-state index is 13.2. The molecule has 0 amide bonds. The van der Waals surface area contributed by atoms with Gasteiger partial charge in [-0.25, -0.2) is 0 Å². The third kappa shape index (κ3) is 13.4. The van der Waals surface area contributed by atoms with Crippen LogP contribution in [0.1, 0.15) is 191 Å². The fourth-order valence-corrected chi connectivity index (χ4v) is 12.5. The summed E-state index contributed by atoms with van der Waals surface area (Å²) in [7, 11) is 4.06. The van der Waals surface area contributed by atoms with Crippen LogP contribution >= 0.6 is 0 Å². The van der Waals surface area contributed by atoms with Crippen molar-refractivity contribution in [1.29, 1.82) is 0 Å². The van der Waals surface area contributed by atoms with Gasteiger partial charge >= 0.3 is 11.9 Å². The molecule has 4 aliphatic rings. The summed E-state index contributed by atoms with van der Waals surface area (Å²) in [6.45, 7) is 25.3. The van der Waals surface area contributed by atoms with E-state index in [2.05, 4.69) is 79.4 Å². The van der Waals surface area contributed by atoms with Gasteiger partial charge in [-0.05, 0) is 163 Å². The Balaban J connectivity index is 1.26. The normalized spacial score (nSPS) is 29.8. The van der Waals surface area contributed by atoms with Crippen LogP contribution in [0, 0.1) is 57.2 Å². The highest BCUT2D eigenvalue weighted by Gasteiger charge is 2.59. The van der Waals surface area contributed by atoms with Crippen molar-refractivity contribution in [2.24, 2.45) is 62.9 Å². The molecule has 0 aromatic heterocycles. The highest BCUT2D eigenvalue weighted by atomic mass is 16.5. The van der Waals surface area contributed by atoms with Gasteiger partial charge in [-0.1, -0.05) is 112 Å². The lowest BCUT2D eigenvalue weighted by atomic mass is 9.47. The SMILES string of the molecule is CC(C)CCCC(C)C1CCC2C3CC=C4CC(OCCCCCC(OC(=O)CCCN(C)C)C(C)(C)C(C)(C)C=CCOC(=O)CCC(C)N)CCC4(C)C3CCC12C. The van der Waals surface area contributed by atoms with Crippen molar-refractivity contribution in [3.05, 3.63) is 23.8 Å². The molecule has 0 aliphatic heterocycles. The van der Waals surface area contributed by atoms with Crippen LogP contribution in [0.15, 0.2) is 23.8 Å². The van der Waals surface area contributed by atoms with Gasteiger partial charge in [-0.3, -0.25) is 9.59 Å². The van der Waals surface area contributed by atoms with E-state index in [1.807, 2.05) is 27.1 Å². The van der Waals surface area contributed by atoms with Crippen molar-refractivity contribution >= 4 is 11.9 Å². The van der Waals surface area contributed by atoms with E-state index in [1.54, 1.807) is 5.57 Å². The van der Waals surface area contributed by atoms with Gasteiger partial charge < -0.3 is 24.8 Å². The predicted octanol–water partition coefficient (Wildman–Crippen LogP) is 12.5. The smallest absolute Gasteiger partial charge is 0.306 e. The molecule has 3 saturated carbocycles. The average molecular weight is 839 g/mol. The van der Waals surface area contributed by atoms with Crippen LogP contribution in [0.2, 0.25) is 0 Å². The molecule has 2 N–H and O–H groups in total. The molecule has 7 nitrogen and oxygen atoms in total. The molecule has 10 unspecified atom stereocenters. The zero-order valence-electron chi connectivity index (χ0n) is 41.1. The summed E-state index contributed by atoms with van der Waals surface area (Å²) in [5.74, 6) is 4.88. The molecule has 0 saturated heterocycles. The standard InChI is InChI=1S/C53H94N2O5/c1-38(2)19-16-20-39(3)44-26-27-45-43-25-24-41-37-42(29-32-52(41,9)46(43)30-33-53(44,45)10)58-35-15-13-14-21-47(60-49(57)22-17-34-55(11)12)51(7,8)50(5,6)31-18-36-59-48(56)28-23-40(4)54/h18,24,31,38-40,42-47H,13-17,19-23,25-30,32-37,54H2,1-12H3. The fraction of sp³-hybridized carbons (Fsp3) is 0.887. The second kappa shape index (κ2) is 22.8. The van der Waals surface area contributed by atoms with E-state index in [4.69, 9.17) is 19.9 Å². The Labute approximate surface area is 369 Å². The Morgan fingerprint density at radius 2 is 1.62 bits per heavy atom. The van der Waals surface area contributed by atoms with Gasteiger partial charge in [0.25, 0.3) is 0 Å². The Bertz CT molecular complexity index is 1400. The monoisotopic (exact) mass is 839 g/mol. The highest BCUT2D eigenvalue weighted by molar-refractivity contribution is 5.70. The first-order valence-electron chi connectivity index (χ1n) is 25.0. The molecule has 0 bridgehead atoms. The lowest BCUT2D eigenvalue weighted by molar-refractivity contribution is -0.160. The topological polar surface area (TPSA) is 91.1 Å². The molecule has 0 heterocycles. The predicted molar refractivity (Wildman–Crippen MR) is 249 cm³/mol. The molecule has 0 radical (unpaired) electrons. The summed E-state index contributed by atoms with van der Waals surface area (Å²) in [5, 5.41) is 0. The van der Waals surface area contributed by atoms with Gasteiger partial charge in [0.1, 0.15) is 12.7 Å². The van der Waals surface area contributed by atoms with Crippen LogP contribution in [0.4, 0.5) is 0 Å². The first kappa shape index (κ1) is 50.9. The van der Waals surface area contributed by atoms with Gasteiger partial charge in [0.2, 0.25) is 0 Å². The van der Waals surface area contributed by atoms with E-state index in [0.717, 1.165) is 87.2 Å². The summed E-state index contributed by atoms with van der Waals surface area (Å²) in [6.07, 6.45) is 27.7. The van der Waals surface area contributed by atoms with Gasteiger partial charge in [0.05, 0.1) is 6.10 Å². The molecular formula is C53H94N2O5. The number of nitrogens with zero attached hydrogens (tertiary/aromatic N) is 1. The first-order chi connectivity index (χ1) is 28.2. The number of hydrogen-bond donors (Lipinski definition) is 1. The van der Waals surface area contributed by atoms with E-state index < -0.39 is 0 Å². The number of carbonyl (C=O) groups excluding carboxylic acids is 2. The Morgan fingerprint density at radius 1 is 0.867 bits per heavy atom. The Kier molecular flexibility index (Phi) is 19.3. The number of fused-ring (bicyclic) bond motifs is 5. The van der Waals surface area contributed by atoms with Crippen molar-refractivity contribution in [3.8, 4) is 0 Å². The number of esters is 2. The second-order valence-corrected chi connectivity index (χ2v) is 22.8. The maximum Gasteiger partial charge on any atom is 0.306 e. The number of carbonyl (C=O) groups is 2. The third-order valence-corrected chi connectivity index (χ3v) is 17.1. The summed E-state index contributed by atoms with van der Waals surface area (Å²) < 4.78 is 18.4. The van der Waals surface area contributed by atoms with Crippen LogP contribution in [-0.4, -0.2) is 68.9 Å². The molecule has 4 rings (SSSR count). The second-order valence-electron chi connectivity index (χ2n) is 22.8. The first-order valence-corrected chi connectivity index (χ1v) is 25.0. The molecule has 3 fully saturated rings. The van der Waals surface area contributed by atoms with Crippen molar-refractivity contribution in [2.75, 3.05) is 33.9 Å². The fourth-order valence-electron chi connectivity index (χ4n) is 12.5. The molecule has 0 spiro atoms. The van der Waals surface area contributed by atoms with Gasteiger partial charge in [-0.15, -0.1) is 0 Å². The number of rotatable bonds is 25. The zero-order valence-corrected chi connectivity index (χ0v) is 41.1. The minimum Gasteiger partial charge on any atom is -0.462 e. The van der Waals surface area contributed by atoms with Gasteiger partial charge in [0, 0.05) is 30.9 Å². The Hall–Kier alpha value is -1.70. The number of nitrogens with two attached hydrogens (primary N) is 1. The minimum atomic E-state index is -0.348. The van der Waals surface area contributed by atoms with E-state index in [1.165, 1.54) is 64.2 Å². The van der Waals surface area contributed by atoms with E-state index in [0.29, 0.717) is 36.2 Å². The summed E-state index contributed by atoms with van der Waals surface area (Å²) >= 11 is 0. The minimum absolute atomic E-state index is 0.0219. The molecule has 10 atom stereocenters. The lowest BCUT2D eigenvalue weighted by Crippen LogP contribution is -2.51. The molecule has 7 heteroatoms. The molecule has 346 valence electrons. The number of unbranched alkanes of at least 4 members (excludes halogenated alkanes) is 2. The van der Waals surface area contributed by atoms with Crippen molar-refractivity contribution in [3.63, 3.8) is 0 Å². The van der Waals surface area contributed by atoms with E-state index >= 15 is 0 Å². The highest BCUT2D eigenvalue weighted by Crippen LogP contribution is 2.67. The molecule has 60 heavy (non-hydrogen) atoms. The van der Waals surface area contributed by atoms with E-state index in [-0.39, 0.29) is 41.5 Å². The number of allylic oxidation sites excluding steroid dienone is 2. The molecule has 4 aliphatic carbocycles. The van der Waals surface area contributed by atoms with Gasteiger partial charge in [0.15, 0.2) is 0 Å². The van der Waals surface area contributed by atoms with Crippen molar-refractivity contribution in [1.82, 2.24) is 4.90 Å². The van der Waals surface area contributed by atoms with E-state index in [9.17, 15) is 9.59 Å². The maximum absolute atomic E-state index is 13.2. The average Bonchev–Trinajstić information content (AvgIpc) is 3.53. The largest absolute Gasteiger partial charge is 0.462 e. The van der Waals surface area contributed by atoms with Crippen LogP contribution in [0.3, 0.4) is 0 Å². The summed E-state index contributed by atoms with van der Waals surface area (Å²) in [4.78, 5) is 27.4. The zero-order chi connectivity index (χ0) is 44.3. The van der Waals surface area contributed by atoms with Crippen LogP contribution < -0.4 is 5.73 Å². The van der Waals surface area contributed by atoms with Gasteiger partial charge in [-0.2, -0.15) is 0 Å². The van der Waals surface area contributed by atoms with Crippen LogP contribution in [0.25, 0.3) is 0 Å². The molecule has 0 aromatic carbocycles. The lowest BCUT2D eigenvalue weighted by Gasteiger charge is -2.58. The van der Waals surface area contributed by atoms with Crippen molar-refractivity contribution in [2.45, 2.75) is 209 Å². The number of ether oxygens (including phenoxy) is 3. The van der Waals surface area contributed by atoms with Crippen LogP contribution in [0.5, 0.6) is 0 Å². The molecule has 0 aromatic rings. The van der Waals surface area contributed by atoms with Crippen LogP contribution in [-0.2, 0) is 23.8 Å². The quantitative estimate of drug-likeness (QED) is 0.0556. The van der Waals surface area contributed by atoms with Crippen molar-refractivity contribution < 1.29 is 23.8 Å². The summed E-state index contributed by atoms with van der Waals surface area (Å²) in [5.41, 5.74) is 7.75. The third-order valence-electron chi connectivity index (χ3n) is 17.1.